The molecule has 0 N–H and O–H groups in total. The van der Waals surface area contributed by atoms with Gasteiger partial charge < -0.3 is 14.2 Å². The van der Waals surface area contributed by atoms with Crippen LogP contribution in [0.4, 0.5) is 0 Å². The number of aryl methyl sites for hydroxylation is 1. The maximum Gasteiger partial charge on any atom is 0.161 e. The van der Waals surface area contributed by atoms with Crippen LogP contribution in [0.25, 0.3) is 0 Å². The summed E-state index contributed by atoms with van der Waals surface area (Å²) in [6, 6.07) is 10.1. The van der Waals surface area contributed by atoms with Crippen molar-refractivity contribution in [3.63, 3.8) is 0 Å². The van der Waals surface area contributed by atoms with E-state index in [2.05, 4.69) is 17.1 Å². The number of benzene rings is 2. The number of ether oxygens (including phenoxy) is 3. The van der Waals surface area contributed by atoms with Gasteiger partial charge in [-0.2, -0.15) is 5.10 Å². The minimum Gasteiger partial charge on any atom is -0.496 e. The minimum atomic E-state index is 0.174. The van der Waals surface area contributed by atoms with Crippen LogP contribution in [0, 0.1) is 6.92 Å². The van der Waals surface area contributed by atoms with Gasteiger partial charge in [0.1, 0.15) is 11.5 Å². The van der Waals surface area contributed by atoms with E-state index < -0.39 is 0 Å². The third-order valence-corrected chi connectivity index (χ3v) is 5.09. The van der Waals surface area contributed by atoms with E-state index in [0.717, 1.165) is 45.8 Å². The normalized spacial score (nSPS) is 16.0. The van der Waals surface area contributed by atoms with E-state index >= 15 is 0 Å². The number of hydrogen-bond donors (Lipinski definition) is 0. The Morgan fingerprint density at radius 2 is 1.52 bits per heavy atom. The van der Waals surface area contributed by atoms with Crippen molar-refractivity contribution in [3.8, 4) is 17.2 Å². The maximum atomic E-state index is 5.54. The van der Waals surface area contributed by atoms with E-state index in [1.807, 2.05) is 44.2 Å². The van der Waals surface area contributed by atoms with Crippen LogP contribution in [0.3, 0.4) is 0 Å². The van der Waals surface area contributed by atoms with Gasteiger partial charge >= 0.3 is 0 Å². The molecule has 0 fully saturated rings. The molecule has 1 heterocycles. The zero-order chi connectivity index (χ0) is 19.6. The molecule has 27 heavy (non-hydrogen) atoms. The largest absolute Gasteiger partial charge is 0.496 e. The summed E-state index contributed by atoms with van der Waals surface area (Å²) in [4.78, 5) is 0. The lowest BCUT2D eigenvalue weighted by Gasteiger charge is -2.20. The third-order valence-electron chi connectivity index (χ3n) is 5.09. The predicted octanol–water partition coefficient (Wildman–Crippen LogP) is 4.74. The van der Waals surface area contributed by atoms with Gasteiger partial charge in [-0.1, -0.05) is 19.1 Å². The molecule has 0 saturated carbocycles. The molecule has 0 saturated heterocycles. The summed E-state index contributed by atoms with van der Waals surface area (Å²) < 4.78 is 16.6. The quantitative estimate of drug-likeness (QED) is 0.768. The monoisotopic (exact) mass is 366 g/mol. The molecule has 1 aliphatic rings. The van der Waals surface area contributed by atoms with Crippen LogP contribution in [-0.2, 0) is 0 Å². The maximum absolute atomic E-state index is 5.54. The van der Waals surface area contributed by atoms with Gasteiger partial charge in [-0.05, 0) is 49.6 Å². The molecule has 0 aromatic heterocycles. The summed E-state index contributed by atoms with van der Waals surface area (Å²) >= 11 is 0. The summed E-state index contributed by atoms with van der Waals surface area (Å²) in [5, 5.41) is 9.12. The van der Waals surface area contributed by atoms with Crippen molar-refractivity contribution in [3.05, 3.63) is 52.6 Å². The molecule has 0 aliphatic carbocycles. The van der Waals surface area contributed by atoms with Crippen LogP contribution in [0.2, 0.25) is 0 Å². The Labute approximate surface area is 160 Å². The fourth-order valence-corrected chi connectivity index (χ4v) is 3.56. The van der Waals surface area contributed by atoms with Crippen LogP contribution >= 0.6 is 0 Å². The Morgan fingerprint density at radius 1 is 0.852 bits per heavy atom. The lowest BCUT2D eigenvalue weighted by atomic mass is 9.85. The first-order valence-electron chi connectivity index (χ1n) is 9.07. The van der Waals surface area contributed by atoms with Crippen molar-refractivity contribution in [2.45, 2.75) is 33.1 Å². The van der Waals surface area contributed by atoms with Crippen LogP contribution in [0.5, 0.6) is 17.2 Å². The SMILES string of the molecule is CC[C@@H]1C(C)=NN=C(c2ccc(C)c(OC)c2)c2cc(OC)c(OC)cc21. The van der Waals surface area contributed by atoms with Gasteiger partial charge in [-0.3, -0.25) is 0 Å². The van der Waals surface area contributed by atoms with Crippen molar-refractivity contribution < 1.29 is 14.2 Å². The summed E-state index contributed by atoms with van der Waals surface area (Å²) in [6.45, 7) is 6.20. The molecule has 1 aliphatic heterocycles. The number of nitrogens with zero attached hydrogens (tertiary/aromatic N) is 2. The zero-order valence-electron chi connectivity index (χ0n) is 16.8. The first kappa shape index (κ1) is 19.0. The van der Waals surface area contributed by atoms with E-state index in [0.29, 0.717) is 11.5 Å². The Morgan fingerprint density at radius 3 is 2.15 bits per heavy atom. The van der Waals surface area contributed by atoms with E-state index in [4.69, 9.17) is 14.2 Å². The van der Waals surface area contributed by atoms with Crippen molar-refractivity contribution in [1.82, 2.24) is 0 Å². The van der Waals surface area contributed by atoms with Gasteiger partial charge in [0.25, 0.3) is 0 Å². The van der Waals surface area contributed by atoms with Crippen molar-refractivity contribution in [1.29, 1.82) is 0 Å². The summed E-state index contributed by atoms with van der Waals surface area (Å²) in [6.07, 6.45) is 0.928. The molecule has 0 amide bonds. The second-order valence-corrected chi connectivity index (χ2v) is 6.63. The smallest absolute Gasteiger partial charge is 0.161 e. The second-order valence-electron chi connectivity index (χ2n) is 6.63. The first-order valence-corrected chi connectivity index (χ1v) is 9.07. The molecule has 142 valence electrons. The lowest BCUT2D eigenvalue weighted by Crippen LogP contribution is -2.13. The van der Waals surface area contributed by atoms with E-state index in [1.165, 1.54) is 0 Å². The van der Waals surface area contributed by atoms with Gasteiger partial charge in [-0.15, -0.1) is 5.10 Å². The predicted molar refractivity (Wildman–Crippen MR) is 109 cm³/mol. The Kier molecular flexibility index (Phi) is 5.49. The minimum absolute atomic E-state index is 0.174. The van der Waals surface area contributed by atoms with Gasteiger partial charge in [0.2, 0.25) is 0 Å². The number of rotatable bonds is 5. The van der Waals surface area contributed by atoms with Gasteiger partial charge in [0.05, 0.1) is 21.3 Å². The highest BCUT2D eigenvalue weighted by molar-refractivity contribution is 6.16. The Hall–Kier alpha value is -2.82. The number of fused-ring (bicyclic) bond motifs is 1. The highest BCUT2D eigenvalue weighted by Crippen LogP contribution is 2.38. The summed E-state index contributed by atoms with van der Waals surface area (Å²) in [5.74, 6) is 2.39. The van der Waals surface area contributed by atoms with E-state index in [9.17, 15) is 0 Å². The van der Waals surface area contributed by atoms with Gasteiger partial charge in [0, 0.05) is 22.8 Å². The molecule has 5 heteroatoms. The van der Waals surface area contributed by atoms with Crippen LogP contribution in [0.15, 0.2) is 40.5 Å². The average molecular weight is 366 g/mol. The fraction of sp³-hybridized carbons (Fsp3) is 0.364. The highest BCUT2D eigenvalue weighted by atomic mass is 16.5. The Bertz CT molecular complexity index is 916. The fourth-order valence-electron chi connectivity index (χ4n) is 3.56. The van der Waals surface area contributed by atoms with Gasteiger partial charge in [0.15, 0.2) is 11.5 Å². The molecule has 1 atom stereocenters. The summed E-state index contributed by atoms with van der Waals surface area (Å²) in [7, 11) is 4.98. The molecule has 5 nitrogen and oxygen atoms in total. The zero-order valence-corrected chi connectivity index (χ0v) is 16.8. The van der Waals surface area contributed by atoms with E-state index in [1.54, 1.807) is 21.3 Å². The number of methoxy groups -OCH3 is 3. The molecule has 0 bridgehead atoms. The first-order chi connectivity index (χ1) is 13.0. The molecule has 0 unspecified atom stereocenters. The average Bonchev–Trinajstić information content (AvgIpc) is 2.82. The van der Waals surface area contributed by atoms with Crippen LogP contribution < -0.4 is 14.2 Å². The molecular formula is C22H26N2O3. The van der Waals surface area contributed by atoms with Gasteiger partial charge in [-0.25, -0.2) is 0 Å². The Balaban J connectivity index is 2.27. The molecule has 2 aromatic carbocycles. The molecule has 0 radical (unpaired) electrons. The molecular weight excluding hydrogens is 340 g/mol. The van der Waals surface area contributed by atoms with Crippen LogP contribution in [0.1, 0.15) is 48.4 Å². The molecule has 3 rings (SSSR count). The second kappa shape index (κ2) is 7.82. The topological polar surface area (TPSA) is 52.4 Å². The van der Waals surface area contributed by atoms with Crippen molar-refractivity contribution in [2.75, 3.05) is 21.3 Å². The molecule has 0 spiro atoms. The van der Waals surface area contributed by atoms with Crippen molar-refractivity contribution >= 4 is 11.4 Å². The van der Waals surface area contributed by atoms with E-state index in [-0.39, 0.29) is 5.92 Å². The lowest BCUT2D eigenvalue weighted by molar-refractivity contribution is 0.354. The number of hydrogen-bond acceptors (Lipinski definition) is 5. The third kappa shape index (κ3) is 3.42. The van der Waals surface area contributed by atoms with Crippen LogP contribution in [-0.4, -0.2) is 32.8 Å². The standard InChI is InChI=1S/C22H26N2O3/c1-7-16-14(3)23-24-22(15-9-8-13(2)19(10-15)25-4)18-12-21(27-6)20(26-5)11-17(16)18/h8-12,16H,7H2,1-6H3/t16-/m1/s1. The molecule has 2 aromatic rings. The van der Waals surface area contributed by atoms with Crippen molar-refractivity contribution in [2.24, 2.45) is 10.2 Å². The summed E-state index contributed by atoms with van der Waals surface area (Å²) in [5.41, 5.74) is 5.98. The highest BCUT2D eigenvalue weighted by Gasteiger charge is 2.26.